The van der Waals surface area contributed by atoms with E-state index in [1.165, 1.54) is 0 Å². The molecule has 1 aromatic rings. The average Bonchev–Trinajstić information content (AvgIpc) is 2.60. The molecule has 0 saturated heterocycles. The van der Waals surface area contributed by atoms with E-state index in [4.69, 9.17) is 14.2 Å². The summed E-state index contributed by atoms with van der Waals surface area (Å²) < 4.78 is 16.2. The maximum absolute atomic E-state index is 12.0. The number of methoxy groups -OCH3 is 1. The zero-order valence-electron chi connectivity index (χ0n) is 18.9. The second-order valence-corrected chi connectivity index (χ2v) is 8.21. The van der Waals surface area contributed by atoms with E-state index in [0.29, 0.717) is 31.4 Å². The fraction of sp³-hybridized carbons (Fsp3) is 0.619. The van der Waals surface area contributed by atoms with Gasteiger partial charge >= 0.3 is 6.09 Å². The summed E-state index contributed by atoms with van der Waals surface area (Å²) in [6.07, 6.45) is -0.450. The van der Waals surface area contributed by atoms with Crippen molar-refractivity contribution in [2.24, 2.45) is 4.99 Å². The van der Waals surface area contributed by atoms with E-state index in [2.05, 4.69) is 20.9 Å². The van der Waals surface area contributed by atoms with Gasteiger partial charge in [0.15, 0.2) is 17.5 Å². The summed E-state index contributed by atoms with van der Waals surface area (Å²) in [5.74, 6) is 2.03. The largest absolute Gasteiger partial charge is 0.493 e. The highest BCUT2D eigenvalue weighted by Crippen LogP contribution is 2.27. The molecule has 0 aliphatic heterocycles. The van der Waals surface area contributed by atoms with Crippen molar-refractivity contribution >= 4 is 12.1 Å². The zero-order valence-corrected chi connectivity index (χ0v) is 18.9. The molecule has 0 bridgehead atoms. The lowest BCUT2D eigenvalue weighted by atomic mass is 10.1. The average molecular weight is 409 g/mol. The van der Waals surface area contributed by atoms with Gasteiger partial charge in [0.25, 0.3) is 0 Å². The Morgan fingerprint density at radius 1 is 1.10 bits per heavy atom. The maximum Gasteiger partial charge on any atom is 0.408 e. The molecule has 0 radical (unpaired) electrons. The number of benzene rings is 1. The first-order chi connectivity index (χ1) is 13.5. The molecule has 0 fully saturated rings. The molecule has 0 aromatic heterocycles. The molecule has 1 rings (SSSR count). The van der Waals surface area contributed by atoms with Crippen LogP contribution in [-0.4, -0.2) is 50.5 Å². The molecule has 0 spiro atoms. The van der Waals surface area contributed by atoms with E-state index >= 15 is 0 Å². The molecule has 164 valence electrons. The summed E-state index contributed by atoms with van der Waals surface area (Å²) in [6, 6.07) is 5.80. The first-order valence-corrected chi connectivity index (χ1v) is 9.75. The molecule has 29 heavy (non-hydrogen) atoms. The van der Waals surface area contributed by atoms with Crippen LogP contribution in [0.1, 0.15) is 47.1 Å². The predicted molar refractivity (Wildman–Crippen MR) is 116 cm³/mol. The van der Waals surface area contributed by atoms with Crippen LogP contribution in [0.3, 0.4) is 0 Å². The number of nitrogens with zero attached hydrogens (tertiary/aromatic N) is 1. The number of nitrogens with one attached hydrogen (secondary N) is 3. The first kappa shape index (κ1) is 24.4. The third kappa shape index (κ3) is 9.40. The fourth-order valence-electron chi connectivity index (χ4n) is 2.43. The summed E-state index contributed by atoms with van der Waals surface area (Å²) in [5.41, 5.74) is -0.0360. The van der Waals surface area contributed by atoms with E-state index in [1.54, 1.807) is 14.2 Å². The molecule has 0 atom stereocenters. The van der Waals surface area contributed by atoms with E-state index in [9.17, 15) is 4.79 Å². The van der Waals surface area contributed by atoms with Gasteiger partial charge in [-0.25, -0.2) is 4.79 Å². The lowest BCUT2D eigenvalue weighted by molar-refractivity contribution is 0.0474. The molecule has 0 heterocycles. The Morgan fingerprint density at radius 2 is 1.79 bits per heavy atom. The van der Waals surface area contributed by atoms with Gasteiger partial charge in [0.2, 0.25) is 0 Å². The highest BCUT2D eigenvalue weighted by Gasteiger charge is 2.24. The van der Waals surface area contributed by atoms with Gasteiger partial charge in [-0.2, -0.15) is 0 Å². The van der Waals surface area contributed by atoms with Crippen LogP contribution < -0.4 is 25.4 Å². The van der Waals surface area contributed by atoms with Gasteiger partial charge in [0, 0.05) is 20.1 Å². The number of hydrogen-bond donors (Lipinski definition) is 3. The van der Waals surface area contributed by atoms with Crippen LogP contribution in [0.5, 0.6) is 11.5 Å². The number of hydrogen-bond acceptors (Lipinski definition) is 5. The van der Waals surface area contributed by atoms with Crippen LogP contribution in [-0.2, 0) is 11.3 Å². The number of carbonyl (C=O) groups is 1. The molecule has 1 amide bonds. The van der Waals surface area contributed by atoms with Crippen molar-refractivity contribution < 1.29 is 19.0 Å². The van der Waals surface area contributed by atoms with Crippen molar-refractivity contribution in [2.45, 2.75) is 59.2 Å². The SMILES string of the molecule is CCOc1ccc(CNC(=NC)NCC(C)(C)NC(=O)OC(C)(C)C)cc1OC. The Bertz CT molecular complexity index is 696. The molecular formula is C21H36N4O4. The van der Waals surface area contributed by atoms with Gasteiger partial charge in [-0.3, -0.25) is 4.99 Å². The molecule has 0 aliphatic carbocycles. The van der Waals surface area contributed by atoms with Crippen molar-refractivity contribution in [1.82, 2.24) is 16.0 Å². The minimum absolute atomic E-state index is 0.450. The number of amides is 1. The number of carbonyl (C=O) groups excluding carboxylic acids is 1. The standard InChI is InChI=1S/C21H36N4O4/c1-9-28-16-11-10-15(12-17(16)27-8)13-23-18(22-7)24-14-21(5,6)25-19(26)29-20(2,3)4/h10-12H,9,13-14H2,1-8H3,(H,25,26)(H2,22,23,24). The Balaban J connectivity index is 2.59. The van der Waals surface area contributed by atoms with Crippen LogP contribution >= 0.6 is 0 Å². The van der Waals surface area contributed by atoms with Crippen molar-refractivity contribution in [1.29, 1.82) is 0 Å². The van der Waals surface area contributed by atoms with E-state index in [1.807, 2.05) is 59.7 Å². The van der Waals surface area contributed by atoms with E-state index in [0.717, 1.165) is 11.3 Å². The number of aliphatic imine (C=N–C) groups is 1. The molecule has 1 aromatic carbocycles. The third-order valence-corrected chi connectivity index (χ3v) is 3.75. The number of guanidine groups is 1. The Kier molecular flexibility index (Phi) is 9.07. The normalized spacial score (nSPS) is 12.2. The van der Waals surface area contributed by atoms with Crippen LogP contribution in [0.15, 0.2) is 23.2 Å². The van der Waals surface area contributed by atoms with Gasteiger partial charge in [-0.15, -0.1) is 0 Å². The van der Waals surface area contributed by atoms with Crippen molar-refractivity contribution in [2.75, 3.05) is 27.3 Å². The van der Waals surface area contributed by atoms with Crippen molar-refractivity contribution in [3.8, 4) is 11.5 Å². The molecular weight excluding hydrogens is 372 g/mol. The maximum atomic E-state index is 12.0. The smallest absolute Gasteiger partial charge is 0.408 e. The van der Waals surface area contributed by atoms with Gasteiger partial charge < -0.3 is 30.2 Å². The highest BCUT2D eigenvalue weighted by atomic mass is 16.6. The Morgan fingerprint density at radius 3 is 2.34 bits per heavy atom. The van der Waals surface area contributed by atoms with Crippen LogP contribution in [0.2, 0.25) is 0 Å². The topological polar surface area (TPSA) is 93.2 Å². The minimum atomic E-state index is -0.538. The lowest BCUT2D eigenvalue weighted by Crippen LogP contribution is -2.54. The summed E-state index contributed by atoms with van der Waals surface area (Å²) in [4.78, 5) is 16.2. The second kappa shape index (κ2) is 10.8. The van der Waals surface area contributed by atoms with Crippen molar-refractivity contribution in [3.63, 3.8) is 0 Å². The summed E-state index contributed by atoms with van der Waals surface area (Å²) in [7, 11) is 3.32. The van der Waals surface area contributed by atoms with Gasteiger partial charge in [-0.1, -0.05) is 6.07 Å². The number of rotatable bonds is 8. The van der Waals surface area contributed by atoms with Gasteiger partial charge in [0.1, 0.15) is 5.60 Å². The van der Waals surface area contributed by atoms with Gasteiger partial charge in [0.05, 0.1) is 19.3 Å². The fourth-order valence-corrected chi connectivity index (χ4v) is 2.43. The molecule has 0 aliphatic rings. The van der Waals surface area contributed by atoms with E-state index < -0.39 is 17.2 Å². The van der Waals surface area contributed by atoms with Crippen LogP contribution in [0.25, 0.3) is 0 Å². The van der Waals surface area contributed by atoms with Gasteiger partial charge in [-0.05, 0) is 59.2 Å². The third-order valence-electron chi connectivity index (χ3n) is 3.75. The number of ether oxygens (including phenoxy) is 3. The number of alkyl carbamates (subject to hydrolysis) is 1. The lowest BCUT2D eigenvalue weighted by Gasteiger charge is -2.29. The summed E-state index contributed by atoms with van der Waals surface area (Å²) >= 11 is 0. The molecule has 0 saturated carbocycles. The first-order valence-electron chi connectivity index (χ1n) is 9.75. The second-order valence-electron chi connectivity index (χ2n) is 8.21. The quantitative estimate of drug-likeness (QED) is 0.452. The summed E-state index contributed by atoms with van der Waals surface area (Å²) in [5, 5.41) is 9.33. The molecule has 3 N–H and O–H groups in total. The zero-order chi connectivity index (χ0) is 22.1. The minimum Gasteiger partial charge on any atom is -0.493 e. The monoisotopic (exact) mass is 408 g/mol. The highest BCUT2D eigenvalue weighted by molar-refractivity contribution is 5.79. The Labute approximate surface area is 174 Å². The van der Waals surface area contributed by atoms with Crippen molar-refractivity contribution in [3.05, 3.63) is 23.8 Å². The van der Waals surface area contributed by atoms with Crippen LogP contribution in [0, 0.1) is 0 Å². The Hall–Kier alpha value is -2.64. The molecule has 0 unspecified atom stereocenters. The van der Waals surface area contributed by atoms with E-state index in [-0.39, 0.29) is 0 Å². The molecule has 8 heteroatoms. The summed E-state index contributed by atoms with van der Waals surface area (Å²) in [6.45, 7) is 12.9. The van der Waals surface area contributed by atoms with Crippen LogP contribution in [0.4, 0.5) is 4.79 Å². The predicted octanol–water partition coefficient (Wildman–Crippen LogP) is 3.06. The molecule has 8 nitrogen and oxygen atoms in total.